The quantitative estimate of drug-likeness (QED) is 0.224. The molecule has 0 aliphatic carbocycles. The molecular formula is C31H20Cl2F3N3O4S. The number of allylic oxidation sites excluding steroid dienone is 1. The van der Waals surface area contributed by atoms with E-state index in [1.54, 1.807) is 36.4 Å². The van der Waals surface area contributed by atoms with Crippen LogP contribution in [0.4, 0.5) is 13.2 Å². The van der Waals surface area contributed by atoms with E-state index in [1.807, 2.05) is 0 Å². The van der Waals surface area contributed by atoms with Crippen LogP contribution in [0.15, 0.2) is 87.8 Å². The zero-order valence-corrected chi connectivity index (χ0v) is 25.0. The van der Waals surface area contributed by atoms with Crippen molar-refractivity contribution in [3.63, 3.8) is 0 Å². The molecule has 0 unspecified atom stereocenters. The molecule has 0 radical (unpaired) electrons. The molecule has 44 heavy (non-hydrogen) atoms. The van der Waals surface area contributed by atoms with Gasteiger partial charge in [0.1, 0.15) is 12.4 Å². The Labute approximate surface area is 262 Å². The predicted octanol–water partition coefficient (Wildman–Crippen LogP) is 6.10. The molecular weight excluding hydrogens is 638 g/mol. The fourth-order valence-electron chi connectivity index (χ4n) is 4.62. The van der Waals surface area contributed by atoms with Gasteiger partial charge in [-0.2, -0.15) is 18.4 Å². The minimum Gasteiger partial charge on any atom is -0.488 e. The Hall–Kier alpha value is -4.37. The Morgan fingerprint density at radius 2 is 1.82 bits per heavy atom. The lowest BCUT2D eigenvalue weighted by atomic mass is 9.95. The van der Waals surface area contributed by atoms with Gasteiger partial charge in [0.15, 0.2) is 10.5 Å². The average Bonchev–Trinajstić information content (AvgIpc) is 3.30. The molecule has 4 aromatic rings. The normalized spacial score (nSPS) is 14.9. The molecule has 1 aromatic heterocycles. The van der Waals surface area contributed by atoms with Gasteiger partial charge in [-0.3, -0.25) is 9.36 Å². The second kappa shape index (κ2) is 12.7. The molecule has 1 aliphatic rings. The van der Waals surface area contributed by atoms with Crippen LogP contribution in [0.3, 0.4) is 0 Å². The van der Waals surface area contributed by atoms with Crippen molar-refractivity contribution < 1.29 is 27.4 Å². The average molecular weight is 658 g/mol. The van der Waals surface area contributed by atoms with Gasteiger partial charge in [0.25, 0.3) is 5.56 Å². The van der Waals surface area contributed by atoms with Crippen LogP contribution in [0.5, 0.6) is 5.75 Å². The molecule has 1 aliphatic heterocycles. The number of aromatic nitrogens is 1. The highest BCUT2D eigenvalue weighted by Gasteiger charge is 2.45. The van der Waals surface area contributed by atoms with Crippen LogP contribution in [0.1, 0.15) is 35.2 Å². The number of thiazole rings is 1. The Bertz CT molecular complexity index is 2010. The summed E-state index contributed by atoms with van der Waals surface area (Å²) < 4.78 is 55.1. The number of benzene rings is 3. The molecule has 0 N–H and O–H groups in total. The topological polar surface area (TPSA) is 93.7 Å². The first-order valence-electron chi connectivity index (χ1n) is 13.0. The van der Waals surface area contributed by atoms with Gasteiger partial charge in [0.2, 0.25) is 0 Å². The summed E-state index contributed by atoms with van der Waals surface area (Å²) in [7, 11) is 0. The third kappa shape index (κ3) is 6.28. The highest BCUT2D eigenvalue weighted by molar-refractivity contribution is 7.07. The zero-order chi connectivity index (χ0) is 31.6. The van der Waals surface area contributed by atoms with Crippen molar-refractivity contribution in [1.29, 1.82) is 5.26 Å². The molecule has 224 valence electrons. The summed E-state index contributed by atoms with van der Waals surface area (Å²) in [4.78, 5) is 30.4. The minimum atomic E-state index is -5.03. The predicted molar refractivity (Wildman–Crippen MR) is 159 cm³/mol. The van der Waals surface area contributed by atoms with E-state index in [2.05, 4.69) is 11.1 Å². The van der Waals surface area contributed by atoms with Crippen molar-refractivity contribution in [3.8, 4) is 11.8 Å². The molecule has 0 saturated heterocycles. The van der Waals surface area contributed by atoms with Crippen LogP contribution in [0.2, 0.25) is 10.0 Å². The van der Waals surface area contributed by atoms with Crippen LogP contribution >= 0.6 is 34.5 Å². The number of esters is 1. The molecule has 13 heteroatoms. The largest absolute Gasteiger partial charge is 0.488 e. The number of rotatable bonds is 7. The smallest absolute Gasteiger partial charge is 0.434 e. The molecule has 0 bridgehead atoms. The Morgan fingerprint density at radius 3 is 2.50 bits per heavy atom. The number of carbonyl (C=O) groups is 1. The first kappa shape index (κ1) is 31.1. The van der Waals surface area contributed by atoms with Crippen LogP contribution in [-0.2, 0) is 16.1 Å². The maximum Gasteiger partial charge on any atom is 0.434 e. The monoisotopic (exact) mass is 657 g/mol. The van der Waals surface area contributed by atoms with Crippen molar-refractivity contribution in [2.24, 2.45) is 4.99 Å². The number of carbonyl (C=O) groups excluding carboxylic acids is 1. The van der Waals surface area contributed by atoms with Crippen molar-refractivity contribution >= 4 is 46.6 Å². The van der Waals surface area contributed by atoms with Gasteiger partial charge in [0, 0.05) is 21.2 Å². The van der Waals surface area contributed by atoms with Crippen molar-refractivity contribution in [2.75, 3.05) is 6.61 Å². The molecule has 3 aromatic carbocycles. The second-order valence-electron chi connectivity index (χ2n) is 9.35. The Kier molecular flexibility index (Phi) is 8.97. The lowest BCUT2D eigenvalue weighted by molar-refractivity contribution is -0.140. The molecule has 0 fully saturated rings. The molecule has 1 atom stereocenters. The number of hydrogen-bond acceptors (Lipinski definition) is 7. The maximum atomic E-state index is 14.3. The van der Waals surface area contributed by atoms with E-state index < -0.39 is 35.0 Å². The van der Waals surface area contributed by atoms with Gasteiger partial charge in [-0.05, 0) is 55.0 Å². The SMILES string of the molecule is CCOC(=O)C1=C(C(F)(F)F)N=c2s/c(=C\c3cc(Cl)ccc3OCc3ccccc3C#N)c(=O)n2[C@H]1c1ccc(Cl)cc1. The lowest BCUT2D eigenvalue weighted by Gasteiger charge is -2.26. The van der Waals surface area contributed by atoms with Crippen LogP contribution < -0.4 is 19.6 Å². The summed E-state index contributed by atoms with van der Waals surface area (Å²) >= 11 is 13.0. The van der Waals surface area contributed by atoms with Gasteiger partial charge in [-0.15, -0.1) is 0 Å². The summed E-state index contributed by atoms with van der Waals surface area (Å²) in [6, 6.07) is 17.9. The summed E-state index contributed by atoms with van der Waals surface area (Å²) in [5.74, 6) is -0.939. The zero-order valence-electron chi connectivity index (χ0n) is 22.7. The second-order valence-corrected chi connectivity index (χ2v) is 11.2. The number of alkyl halides is 3. The van der Waals surface area contributed by atoms with Crippen molar-refractivity contribution in [1.82, 2.24) is 4.57 Å². The van der Waals surface area contributed by atoms with Gasteiger partial charge in [-0.1, -0.05) is 64.9 Å². The van der Waals surface area contributed by atoms with Crippen molar-refractivity contribution in [3.05, 3.63) is 130 Å². The van der Waals surface area contributed by atoms with Gasteiger partial charge >= 0.3 is 12.1 Å². The summed E-state index contributed by atoms with van der Waals surface area (Å²) in [6.07, 6.45) is -3.60. The van der Waals surface area contributed by atoms with Gasteiger partial charge < -0.3 is 9.47 Å². The summed E-state index contributed by atoms with van der Waals surface area (Å²) in [6.45, 7) is 1.30. The number of halogens is 5. The number of fused-ring (bicyclic) bond motifs is 1. The maximum absolute atomic E-state index is 14.3. The lowest BCUT2D eigenvalue weighted by Crippen LogP contribution is -2.41. The van der Waals surface area contributed by atoms with E-state index in [9.17, 15) is 28.0 Å². The van der Waals surface area contributed by atoms with E-state index in [0.29, 0.717) is 43.8 Å². The fourth-order valence-corrected chi connectivity index (χ4v) is 5.91. The number of ether oxygens (including phenoxy) is 2. The van der Waals surface area contributed by atoms with E-state index in [0.717, 1.165) is 4.57 Å². The highest BCUT2D eigenvalue weighted by atomic mass is 35.5. The summed E-state index contributed by atoms with van der Waals surface area (Å²) in [5.41, 5.74) is -1.35. The first-order valence-corrected chi connectivity index (χ1v) is 14.5. The summed E-state index contributed by atoms with van der Waals surface area (Å²) in [5, 5.41) is 10.0. The number of nitrogens with zero attached hydrogens (tertiary/aromatic N) is 3. The van der Waals surface area contributed by atoms with E-state index >= 15 is 0 Å². The standard InChI is InChI=1S/C31H20Cl2F3N3O4S/c1-2-42-29(41)25-26(17-7-9-21(32)10-8-17)39-28(40)24(44-30(39)38-27(25)31(34,35)36)14-20-13-22(33)11-12-23(20)43-16-19-6-4-3-5-18(19)15-37/h3-14,26H,2,16H2,1H3/b24-14-/t26-/m0/s1. The van der Waals surface area contributed by atoms with E-state index in [-0.39, 0.29) is 28.1 Å². The van der Waals surface area contributed by atoms with Crippen LogP contribution in [0, 0.1) is 11.3 Å². The Balaban J connectivity index is 1.69. The third-order valence-corrected chi connectivity index (χ3v) is 8.03. The molecule has 0 saturated carbocycles. The van der Waals surface area contributed by atoms with E-state index in [4.69, 9.17) is 32.7 Å². The van der Waals surface area contributed by atoms with Gasteiger partial charge in [0.05, 0.1) is 34.4 Å². The number of nitriles is 1. The molecule has 0 amide bonds. The molecule has 7 nitrogen and oxygen atoms in total. The fraction of sp³-hybridized carbons (Fsp3) is 0.161. The molecule has 0 spiro atoms. The molecule has 2 heterocycles. The third-order valence-electron chi connectivity index (χ3n) is 6.56. The van der Waals surface area contributed by atoms with Crippen LogP contribution in [-0.4, -0.2) is 23.3 Å². The highest BCUT2D eigenvalue weighted by Crippen LogP contribution is 2.38. The van der Waals surface area contributed by atoms with Crippen molar-refractivity contribution in [2.45, 2.75) is 25.7 Å². The van der Waals surface area contributed by atoms with E-state index in [1.165, 1.54) is 43.3 Å². The van der Waals surface area contributed by atoms with Gasteiger partial charge in [-0.25, -0.2) is 9.79 Å². The minimum absolute atomic E-state index is 0.0129. The number of hydrogen-bond donors (Lipinski definition) is 0. The first-order chi connectivity index (χ1) is 21.0. The molecule has 5 rings (SSSR count). The van der Waals surface area contributed by atoms with Crippen LogP contribution in [0.25, 0.3) is 6.08 Å². The Morgan fingerprint density at radius 1 is 1.11 bits per heavy atom.